The standard InChI is InChI=1S/2C3H6O2S.2CH2O2S/c2*1-2-5-3(4)6;2*2-1(3)4/h2*2H2,1H3,(H,4,6);2*(H2,2,3,4). The van der Waals surface area contributed by atoms with E-state index in [2.05, 4.69) is 58.3 Å². The van der Waals surface area contributed by atoms with Crippen LogP contribution in [0.3, 0.4) is 0 Å². The Kier molecular flexibility index (Phi) is 31.1. The fraction of sp³-hybridized carbons (Fsp3) is 0.500. The summed E-state index contributed by atoms with van der Waals surface area (Å²) in [6, 6.07) is 0. The van der Waals surface area contributed by atoms with Gasteiger partial charge in [-0.15, -0.1) is 0 Å². The summed E-state index contributed by atoms with van der Waals surface area (Å²) in [6.45, 7) is 4.38. The molecule has 0 aromatic carbocycles. The van der Waals surface area contributed by atoms with Gasteiger partial charge >= 0.3 is 20.9 Å². The Morgan fingerprint density at radius 3 is 0.800 bits per heavy atom. The first kappa shape index (κ1) is 27.2. The molecule has 0 rings (SSSR count). The van der Waals surface area contributed by atoms with Gasteiger partial charge < -0.3 is 40.1 Å². The Labute approximate surface area is 137 Å². The molecule has 0 unspecified atom stereocenters. The summed E-state index contributed by atoms with van der Waals surface area (Å²) >= 11 is 15.6. The number of thiocarbonyl (C=S) groups is 4. The van der Waals surface area contributed by atoms with Gasteiger partial charge in [0.25, 0.3) is 0 Å². The average Bonchev–Trinajstić information content (AvgIpc) is 2.15. The number of aliphatic hydroxyl groups excluding tert-OH is 4. The number of ether oxygens (including phenoxy) is 2. The highest BCUT2D eigenvalue weighted by atomic mass is 32.1. The van der Waals surface area contributed by atoms with E-state index in [0.29, 0.717) is 13.2 Å². The Morgan fingerprint density at radius 2 is 0.800 bits per heavy atom. The molecular formula is C8H16O8S4. The highest BCUT2D eigenvalue weighted by Gasteiger charge is 1.80. The van der Waals surface area contributed by atoms with Crippen LogP contribution < -0.4 is 0 Å². The lowest BCUT2D eigenvalue weighted by Crippen LogP contribution is -1.96. The van der Waals surface area contributed by atoms with Crippen molar-refractivity contribution in [3.05, 3.63) is 0 Å². The smallest absolute Gasteiger partial charge is 0.349 e. The van der Waals surface area contributed by atoms with Crippen molar-refractivity contribution in [1.82, 2.24) is 0 Å². The molecule has 0 aliphatic rings. The fourth-order valence-corrected chi connectivity index (χ4v) is 0.483. The van der Waals surface area contributed by atoms with E-state index in [-0.39, 0.29) is 10.5 Å². The molecule has 0 saturated heterocycles. The molecule has 0 bridgehead atoms. The van der Waals surface area contributed by atoms with Crippen LogP contribution in [0.15, 0.2) is 0 Å². The Balaban J connectivity index is -0.0000000871. The van der Waals surface area contributed by atoms with Gasteiger partial charge in [0.15, 0.2) is 0 Å². The number of hydrogen-bond acceptors (Lipinski definition) is 6. The summed E-state index contributed by atoms with van der Waals surface area (Å²) in [5.74, 6) is 0. The van der Waals surface area contributed by atoms with Crippen molar-refractivity contribution in [3.63, 3.8) is 0 Å². The third kappa shape index (κ3) is 184. The van der Waals surface area contributed by atoms with E-state index < -0.39 is 10.5 Å². The maximum atomic E-state index is 8.06. The quantitative estimate of drug-likeness (QED) is 0.399. The molecule has 0 heterocycles. The number of aliphatic hydroxyl groups is 6. The molecule has 0 aromatic rings. The maximum absolute atomic E-state index is 8.06. The van der Waals surface area contributed by atoms with Crippen molar-refractivity contribution in [1.29, 1.82) is 0 Å². The van der Waals surface area contributed by atoms with Crippen molar-refractivity contribution in [3.8, 4) is 0 Å². The van der Waals surface area contributed by atoms with Gasteiger partial charge in [0.1, 0.15) is 0 Å². The predicted octanol–water partition coefficient (Wildman–Crippen LogP) is 2.51. The summed E-state index contributed by atoms with van der Waals surface area (Å²) in [6.07, 6.45) is 0. The Hall–Kier alpha value is -1.24. The summed E-state index contributed by atoms with van der Waals surface area (Å²) in [4.78, 5) is 0. The zero-order valence-corrected chi connectivity index (χ0v) is 13.8. The second-order valence-electron chi connectivity index (χ2n) is 1.96. The summed E-state index contributed by atoms with van der Waals surface area (Å²) < 4.78 is 8.66. The normalized spacial score (nSPS) is 6.90. The molecule has 120 valence electrons. The average molecular weight is 368 g/mol. The van der Waals surface area contributed by atoms with E-state index >= 15 is 0 Å². The second kappa shape index (κ2) is 22.9. The summed E-state index contributed by atoms with van der Waals surface area (Å²) in [5, 5.41) is 42.7. The first-order valence-corrected chi connectivity index (χ1v) is 6.19. The molecular weight excluding hydrogens is 352 g/mol. The van der Waals surface area contributed by atoms with Crippen LogP contribution in [0.5, 0.6) is 0 Å². The fourth-order valence-electron chi connectivity index (χ4n) is 0.247. The lowest BCUT2D eigenvalue weighted by atomic mass is 10.9. The molecule has 0 atom stereocenters. The van der Waals surface area contributed by atoms with Crippen LogP contribution >= 0.6 is 48.9 Å². The molecule has 20 heavy (non-hydrogen) atoms. The molecule has 0 radical (unpaired) electrons. The van der Waals surface area contributed by atoms with Crippen LogP contribution in [0, 0.1) is 0 Å². The van der Waals surface area contributed by atoms with Gasteiger partial charge in [0, 0.05) is 48.9 Å². The Morgan fingerprint density at radius 1 is 0.650 bits per heavy atom. The first-order chi connectivity index (χ1) is 9.00. The minimum absolute atomic E-state index is 0.377. The highest BCUT2D eigenvalue weighted by molar-refractivity contribution is 7.80. The molecule has 0 saturated carbocycles. The largest absolute Gasteiger partial charge is 0.473 e. The Bertz CT molecular complexity index is 248. The molecule has 12 heteroatoms. The zero-order chi connectivity index (χ0) is 17.1. The molecule has 0 fully saturated rings. The van der Waals surface area contributed by atoms with Gasteiger partial charge in [-0.2, -0.15) is 0 Å². The zero-order valence-electron chi connectivity index (χ0n) is 10.5. The van der Waals surface area contributed by atoms with Crippen molar-refractivity contribution < 1.29 is 40.1 Å². The number of hydrogen-bond donors (Lipinski definition) is 6. The predicted molar refractivity (Wildman–Crippen MR) is 89.4 cm³/mol. The van der Waals surface area contributed by atoms with Gasteiger partial charge in [-0.1, -0.05) is 0 Å². The van der Waals surface area contributed by atoms with E-state index in [1.54, 1.807) is 13.8 Å². The van der Waals surface area contributed by atoms with E-state index in [1.807, 2.05) is 0 Å². The van der Waals surface area contributed by atoms with Crippen LogP contribution in [0.25, 0.3) is 0 Å². The third-order valence-corrected chi connectivity index (χ3v) is 0.771. The molecule has 0 aliphatic carbocycles. The molecule has 0 aliphatic heterocycles. The van der Waals surface area contributed by atoms with Gasteiger partial charge in [0.05, 0.1) is 13.2 Å². The van der Waals surface area contributed by atoms with E-state index in [9.17, 15) is 0 Å². The molecule has 0 aromatic heterocycles. The molecule has 0 spiro atoms. The van der Waals surface area contributed by atoms with Gasteiger partial charge in [-0.05, 0) is 13.8 Å². The van der Waals surface area contributed by atoms with Crippen LogP contribution in [-0.2, 0) is 9.47 Å². The SMILES string of the molecule is CCOC(O)=S.CCOC(O)=S.OC(O)=S.OC(O)=S. The van der Waals surface area contributed by atoms with Crippen LogP contribution in [0.2, 0.25) is 0 Å². The summed E-state index contributed by atoms with van der Waals surface area (Å²) in [5.41, 5.74) is 0. The van der Waals surface area contributed by atoms with Crippen LogP contribution in [0.4, 0.5) is 0 Å². The van der Waals surface area contributed by atoms with Crippen LogP contribution in [-0.4, -0.2) is 64.8 Å². The minimum atomic E-state index is -1.000. The first-order valence-electron chi connectivity index (χ1n) is 4.56. The minimum Gasteiger partial charge on any atom is -0.473 e. The van der Waals surface area contributed by atoms with Crippen molar-refractivity contribution in [2.75, 3.05) is 13.2 Å². The van der Waals surface area contributed by atoms with Gasteiger partial charge in [0.2, 0.25) is 0 Å². The summed E-state index contributed by atoms with van der Waals surface area (Å²) in [7, 11) is 0. The monoisotopic (exact) mass is 368 g/mol. The van der Waals surface area contributed by atoms with Crippen LogP contribution in [0.1, 0.15) is 13.8 Å². The lowest BCUT2D eigenvalue weighted by Gasteiger charge is -1.91. The van der Waals surface area contributed by atoms with E-state index in [1.165, 1.54) is 0 Å². The number of rotatable bonds is 2. The molecule has 6 N–H and O–H groups in total. The van der Waals surface area contributed by atoms with Gasteiger partial charge in [-0.3, -0.25) is 0 Å². The van der Waals surface area contributed by atoms with E-state index in [0.717, 1.165) is 0 Å². The molecule has 8 nitrogen and oxygen atoms in total. The van der Waals surface area contributed by atoms with Crippen molar-refractivity contribution >= 4 is 69.8 Å². The second-order valence-corrected chi connectivity index (χ2v) is 3.39. The van der Waals surface area contributed by atoms with Gasteiger partial charge in [-0.25, -0.2) is 0 Å². The maximum Gasteiger partial charge on any atom is 0.349 e. The topological polar surface area (TPSA) is 140 Å². The van der Waals surface area contributed by atoms with E-state index in [4.69, 9.17) is 30.6 Å². The lowest BCUT2D eigenvalue weighted by molar-refractivity contribution is 0.256. The third-order valence-electron chi connectivity index (χ3n) is 0.536. The van der Waals surface area contributed by atoms with Crippen molar-refractivity contribution in [2.24, 2.45) is 0 Å². The van der Waals surface area contributed by atoms with Crippen molar-refractivity contribution in [2.45, 2.75) is 13.8 Å². The molecule has 0 amide bonds. The highest BCUT2D eigenvalue weighted by Crippen LogP contribution is 1.72.